The number of nitro benzene ring substituents is 1. The van der Waals surface area contributed by atoms with Gasteiger partial charge in [0.05, 0.1) is 4.92 Å². The Morgan fingerprint density at radius 3 is 2.04 bits per heavy atom. The molecule has 0 fully saturated rings. The number of anilines is 2. The average molecular weight is 357 g/mol. The number of nitrogen functional groups attached to an aromatic ring is 1. The minimum absolute atomic E-state index is 0.0396. The van der Waals surface area contributed by atoms with Crippen LogP contribution in [0.15, 0.2) is 42.5 Å². The van der Waals surface area contributed by atoms with Crippen molar-refractivity contribution in [3.05, 3.63) is 63.7 Å². The number of amides is 1. The minimum Gasteiger partial charge on any atom is -0.398 e. The first-order valence-electron chi connectivity index (χ1n) is 8.53. The van der Waals surface area contributed by atoms with Crippen molar-refractivity contribution in [1.82, 2.24) is 0 Å². The van der Waals surface area contributed by atoms with E-state index in [0.717, 1.165) is 11.3 Å². The summed E-state index contributed by atoms with van der Waals surface area (Å²) in [6, 6.07) is 12.4. The van der Waals surface area contributed by atoms with E-state index in [2.05, 4.69) is 25.2 Å². The van der Waals surface area contributed by atoms with Gasteiger partial charge in [-0.2, -0.15) is 0 Å². The molecule has 2 rings (SSSR count). The predicted molar refractivity (Wildman–Crippen MR) is 106 cm³/mol. The second-order valence-corrected chi connectivity index (χ2v) is 6.65. The molecule has 1 amide bonds. The summed E-state index contributed by atoms with van der Waals surface area (Å²) in [5, 5.41) is 13.3. The maximum Gasteiger partial charge on any atom is 0.269 e. The van der Waals surface area contributed by atoms with Crippen LogP contribution in [-0.4, -0.2) is 10.8 Å². The topological polar surface area (TPSA) is 98.3 Å². The molecule has 3 N–H and O–H groups in total. The number of nitrogens with zero attached hydrogens (tertiary/aromatic N) is 1. The molecular weight excluding hydrogens is 330 g/mol. The average Bonchev–Trinajstić information content (AvgIpc) is 2.55. The summed E-state index contributed by atoms with van der Waals surface area (Å²) in [5.41, 5.74) is 9.30. The standard InChI is InChI=1S/C11H14N2O3.C9H13N/c1-7(2)10-6-9(13(15)16)4-5-11(10)12-8(3)14;1-7(2)8-5-3-4-6-9(8)10/h4-7H,1-3H3,(H,12,14);3-7H,10H2,1-2H3. The summed E-state index contributed by atoms with van der Waals surface area (Å²) < 4.78 is 0. The van der Waals surface area contributed by atoms with E-state index in [9.17, 15) is 14.9 Å². The van der Waals surface area contributed by atoms with E-state index < -0.39 is 4.92 Å². The Kier molecular flexibility index (Phi) is 7.77. The van der Waals surface area contributed by atoms with E-state index in [1.165, 1.54) is 24.6 Å². The van der Waals surface area contributed by atoms with Gasteiger partial charge in [-0.3, -0.25) is 14.9 Å². The molecule has 0 atom stereocenters. The summed E-state index contributed by atoms with van der Waals surface area (Å²) in [7, 11) is 0. The first kappa shape index (κ1) is 21.2. The predicted octanol–water partition coefficient (Wildman–Crippen LogP) is 5.07. The number of benzene rings is 2. The van der Waals surface area contributed by atoms with Gasteiger partial charge in [0.15, 0.2) is 0 Å². The molecule has 0 unspecified atom stereocenters. The third kappa shape index (κ3) is 6.20. The van der Waals surface area contributed by atoms with Gasteiger partial charge in [-0.1, -0.05) is 45.9 Å². The molecule has 0 aromatic heterocycles. The van der Waals surface area contributed by atoms with Gasteiger partial charge in [-0.25, -0.2) is 0 Å². The van der Waals surface area contributed by atoms with E-state index >= 15 is 0 Å². The summed E-state index contributed by atoms with van der Waals surface area (Å²) in [4.78, 5) is 21.1. The number of nitro groups is 1. The molecule has 0 spiro atoms. The van der Waals surface area contributed by atoms with E-state index in [1.54, 1.807) is 6.07 Å². The summed E-state index contributed by atoms with van der Waals surface area (Å²) in [6.45, 7) is 9.54. The Hall–Kier alpha value is -2.89. The Labute approximate surface area is 154 Å². The van der Waals surface area contributed by atoms with Gasteiger partial charge in [0.1, 0.15) is 0 Å². The van der Waals surface area contributed by atoms with Crippen LogP contribution in [0, 0.1) is 10.1 Å². The largest absolute Gasteiger partial charge is 0.398 e. The molecule has 140 valence electrons. The fourth-order valence-electron chi connectivity index (χ4n) is 2.48. The monoisotopic (exact) mass is 357 g/mol. The molecule has 2 aromatic rings. The van der Waals surface area contributed by atoms with Crippen LogP contribution in [0.1, 0.15) is 57.6 Å². The number of para-hydroxylation sites is 1. The normalized spacial score (nSPS) is 10.3. The highest BCUT2D eigenvalue weighted by molar-refractivity contribution is 5.89. The van der Waals surface area contributed by atoms with Gasteiger partial charge in [0, 0.05) is 30.4 Å². The van der Waals surface area contributed by atoms with Crippen LogP contribution in [0.25, 0.3) is 0 Å². The zero-order chi connectivity index (χ0) is 19.9. The molecule has 0 radical (unpaired) electrons. The zero-order valence-electron chi connectivity index (χ0n) is 15.9. The van der Waals surface area contributed by atoms with Crippen molar-refractivity contribution in [2.24, 2.45) is 0 Å². The first-order valence-corrected chi connectivity index (χ1v) is 8.53. The Morgan fingerprint density at radius 2 is 1.62 bits per heavy atom. The molecule has 0 saturated carbocycles. The number of nitrogens with two attached hydrogens (primary N) is 1. The third-order valence-corrected chi connectivity index (χ3v) is 3.80. The molecule has 6 nitrogen and oxygen atoms in total. The smallest absolute Gasteiger partial charge is 0.269 e. The fourth-order valence-corrected chi connectivity index (χ4v) is 2.48. The van der Waals surface area contributed by atoms with Crippen LogP contribution in [0.4, 0.5) is 17.1 Å². The number of non-ortho nitro benzene ring substituents is 1. The van der Waals surface area contributed by atoms with Crippen molar-refractivity contribution in [1.29, 1.82) is 0 Å². The van der Waals surface area contributed by atoms with Crippen molar-refractivity contribution in [3.63, 3.8) is 0 Å². The van der Waals surface area contributed by atoms with Crippen molar-refractivity contribution >= 4 is 23.0 Å². The molecule has 0 aliphatic rings. The molecule has 0 aliphatic carbocycles. The highest BCUT2D eigenvalue weighted by Crippen LogP contribution is 2.28. The lowest BCUT2D eigenvalue weighted by molar-refractivity contribution is -0.384. The SMILES string of the molecule is CC(=O)Nc1ccc([N+](=O)[O-])cc1C(C)C.CC(C)c1ccccc1N. The molecule has 0 saturated heterocycles. The highest BCUT2D eigenvalue weighted by Gasteiger charge is 2.13. The molecular formula is C20H27N3O3. The van der Waals surface area contributed by atoms with Crippen molar-refractivity contribution in [2.45, 2.75) is 46.5 Å². The van der Waals surface area contributed by atoms with Gasteiger partial charge < -0.3 is 11.1 Å². The van der Waals surface area contributed by atoms with Gasteiger partial charge in [0.2, 0.25) is 5.91 Å². The number of nitrogens with one attached hydrogen (secondary N) is 1. The van der Waals surface area contributed by atoms with E-state index in [1.807, 2.05) is 32.0 Å². The van der Waals surface area contributed by atoms with Crippen molar-refractivity contribution in [2.75, 3.05) is 11.1 Å². The lowest BCUT2D eigenvalue weighted by Crippen LogP contribution is -2.09. The molecule has 0 aliphatic heterocycles. The molecule has 0 bridgehead atoms. The summed E-state index contributed by atoms with van der Waals surface area (Å²) in [5.74, 6) is 0.457. The van der Waals surface area contributed by atoms with Gasteiger partial charge in [-0.15, -0.1) is 0 Å². The lowest BCUT2D eigenvalue weighted by Gasteiger charge is -2.12. The van der Waals surface area contributed by atoms with Gasteiger partial charge >= 0.3 is 0 Å². The van der Waals surface area contributed by atoms with Crippen LogP contribution in [-0.2, 0) is 4.79 Å². The van der Waals surface area contributed by atoms with E-state index in [0.29, 0.717) is 11.6 Å². The highest BCUT2D eigenvalue weighted by atomic mass is 16.6. The van der Waals surface area contributed by atoms with Crippen LogP contribution in [0.3, 0.4) is 0 Å². The summed E-state index contributed by atoms with van der Waals surface area (Å²) in [6.07, 6.45) is 0. The number of carbonyl (C=O) groups excluding carboxylic acids is 1. The van der Waals surface area contributed by atoms with Crippen LogP contribution >= 0.6 is 0 Å². The second kappa shape index (κ2) is 9.56. The molecule has 26 heavy (non-hydrogen) atoms. The molecule has 2 aromatic carbocycles. The summed E-state index contributed by atoms with van der Waals surface area (Å²) >= 11 is 0. The van der Waals surface area contributed by atoms with Gasteiger partial charge in [0.25, 0.3) is 5.69 Å². The van der Waals surface area contributed by atoms with E-state index in [4.69, 9.17) is 5.73 Å². The van der Waals surface area contributed by atoms with Crippen LogP contribution in [0.2, 0.25) is 0 Å². The first-order chi connectivity index (χ1) is 12.1. The van der Waals surface area contributed by atoms with Crippen molar-refractivity contribution in [3.8, 4) is 0 Å². The number of carbonyl (C=O) groups is 1. The Balaban J connectivity index is 0.000000289. The fraction of sp³-hybridized carbons (Fsp3) is 0.350. The zero-order valence-corrected chi connectivity index (χ0v) is 15.9. The Bertz CT molecular complexity index is 771. The number of rotatable bonds is 4. The quantitative estimate of drug-likeness (QED) is 0.453. The molecule has 0 heterocycles. The number of hydrogen-bond donors (Lipinski definition) is 2. The second-order valence-electron chi connectivity index (χ2n) is 6.65. The maximum absolute atomic E-state index is 11.0. The lowest BCUT2D eigenvalue weighted by atomic mass is 10.0. The minimum atomic E-state index is -0.441. The Morgan fingerprint density at radius 1 is 1.04 bits per heavy atom. The third-order valence-electron chi connectivity index (χ3n) is 3.80. The van der Waals surface area contributed by atoms with Gasteiger partial charge in [-0.05, 0) is 35.1 Å². The van der Waals surface area contributed by atoms with Crippen LogP contribution < -0.4 is 11.1 Å². The van der Waals surface area contributed by atoms with Crippen molar-refractivity contribution < 1.29 is 9.72 Å². The maximum atomic E-state index is 11.0. The van der Waals surface area contributed by atoms with E-state index in [-0.39, 0.29) is 17.5 Å². The number of hydrogen-bond acceptors (Lipinski definition) is 4. The molecule has 6 heteroatoms. The van der Waals surface area contributed by atoms with Crippen LogP contribution in [0.5, 0.6) is 0 Å².